The van der Waals surface area contributed by atoms with Crippen molar-refractivity contribution in [3.63, 3.8) is 0 Å². The molecule has 1 atom stereocenters. The first-order valence-corrected chi connectivity index (χ1v) is 9.74. The summed E-state index contributed by atoms with van der Waals surface area (Å²) >= 11 is 7.30. The van der Waals surface area contributed by atoms with Crippen molar-refractivity contribution in [2.75, 3.05) is 13.1 Å². The SMILES string of the molecule is O=C(OC1CCN(C(Br)c2cccc(Br)c2)CC1)c1ccccc1. The molecule has 126 valence electrons. The van der Waals surface area contributed by atoms with Crippen LogP contribution >= 0.6 is 31.9 Å². The molecule has 0 saturated carbocycles. The van der Waals surface area contributed by atoms with Crippen LogP contribution in [0.25, 0.3) is 0 Å². The Kier molecular flexibility index (Phi) is 6.09. The molecule has 3 rings (SSSR count). The molecule has 0 radical (unpaired) electrons. The van der Waals surface area contributed by atoms with Crippen LogP contribution in [-0.4, -0.2) is 30.1 Å². The lowest BCUT2D eigenvalue weighted by molar-refractivity contribution is 0.0103. The lowest BCUT2D eigenvalue weighted by atomic mass is 10.1. The average Bonchev–Trinajstić information content (AvgIpc) is 2.62. The fourth-order valence-corrected chi connectivity index (χ4v) is 3.99. The van der Waals surface area contributed by atoms with Crippen LogP contribution in [0, 0.1) is 0 Å². The number of halogens is 2. The van der Waals surface area contributed by atoms with Gasteiger partial charge in [0.15, 0.2) is 0 Å². The highest BCUT2D eigenvalue weighted by molar-refractivity contribution is 9.10. The van der Waals surface area contributed by atoms with Gasteiger partial charge in [-0.05, 0) is 42.7 Å². The van der Waals surface area contributed by atoms with Crippen molar-refractivity contribution in [3.8, 4) is 0 Å². The lowest BCUT2D eigenvalue weighted by Crippen LogP contribution is -2.38. The van der Waals surface area contributed by atoms with Crippen molar-refractivity contribution in [2.24, 2.45) is 0 Å². The second-order valence-electron chi connectivity index (χ2n) is 5.90. The fourth-order valence-electron chi connectivity index (χ4n) is 2.88. The standard InChI is InChI=1S/C19H19Br2NO2/c20-16-8-4-7-15(13-16)18(21)22-11-9-17(10-12-22)24-19(23)14-5-2-1-3-6-14/h1-8,13,17-18H,9-12H2. The first-order valence-electron chi connectivity index (χ1n) is 8.03. The van der Waals surface area contributed by atoms with E-state index >= 15 is 0 Å². The van der Waals surface area contributed by atoms with Gasteiger partial charge in [-0.25, -0.2) is 4.79 Å². The van der Waals surface area contributed by atoms with Crippen LogP contribution < -0.4 is 0 Å². The van der Waals surface area contributed by atoms with Crippen LogP contribution in [0.4, 0.5) is 0 Å². The lowest BCUT2D eigenvalue weighted by Gasteiger charge is -2.35. The van der Waals surface area contributed by atoms with Gasteiger partial charge in [-0.3, -0.25) is 4.90 Å². The topological polar surface area (TPSA) is 29.5 Å². The van der Waals surface area contributed by atoms with Crippen molar-refractivity contribution in [1.29, 1.82) is 0 Å². The van der Waals surface area contributed by atoms with Crippen LogP contribution in [0.2, 0.25) is 0 Å². The molecular weight excluding hydrogens is 434 g/mol. The van der Waals surface area contributed by atoms with Crippen molar-refractivity contribution in [1.82, 2.24) is 4.90 Å². The molecule has 1 unspecified atom stereocenters. The van der Waals surface area contributed by atoms with E-state index in [4.69, 9.17) is 4.74 Å². The highest BCUT2D eigenvalue weighted by Gasteiger charge is 2.26. The summed E-state index contributed by atoms with van der Waals surface area (Å²) in [5, 5.41) is 0. The van der Waals surface area contributed by atoms with Gasteiger partial charge in [0.05, 0.1) is 10.5 Å². The number of ether oxygens (including phenoxy) is 1. The van der Waals surface area contributed by atoms with E-state index < -0.39 is 0 Å². The Morgan fingerprint density at radius 1 is 1.08 bits per heavy atom. The molecular formula is C19H19Br2NO2. The van der Waals surface area contributed by atoms with Gasteiger partial charge < -0.3 is 4.74 Å². The molecule has 3 nitrogen and oxygen atoms in total. The molecule has 0 amide bonds. The number of hydrogen-bond acceptors (Lipinski definition) is 3. The maximum absolute atomic E-state index is 12.1. The minimum Gasteiger partial charge on any atom is -0.459 e. The van der Waals surface area contributed by atoms with Gasteiger partial charge >= 0.3 is 5.97 Å². The molecule has 1 aliphatic heterocycles. The number of alkyl halides is 1. The van der Waals surface area contributed by atoms with E-state index in [1.165, 1.54) is 5.56 Å². The third-order valence-corrected chi connectivity index (χ3v) is 5.81. The van der Waals surface area contributed by atoms with Gasteiger partial charge in [0.25, 0.3) is 0 Å². The predicted octanol–water partition coefficient (Wildman–Crippen LogP) is 5.16. The molecule has 1 fully saturated rings. The van der Waals surface area contributed by atoms with Crippen molar-refractivity contribution in [2.45, 2.75) is 23.9 Å². The second-order valence-corrected chi connectivity index (χ2v) is 7.68. The smallest absolute Gasteiger partial charge is 0.338 e. The number of likely N-dealkylation sites (tertiary alicyclic amines) is 1. The van der Waals surface area contributed by atoms with Gasteiger partial charge in [-0.2, -0.15) is 0 Å². The molecule has 1 heterocycles. The number of carbonyl (C=O) groups excluding carboxylic acids is 1. The van der Waals surface area contributed by atoms with Crippen LogP contribution in [-0.2, 0) is 4.74 Å². The molecule has 24 heavy (non-hydrogen) atoms. The van der Waals surface area contributed by atoms with Crippen LogP contribution in [0.1, 0.15) is 33.7 Å². The van der Waals surface area contributed by atoms with Gasteiger partial charge in [0.2, 0.25) is 0 Å². The molecule has 5 heteroatoms. The molecule has 1 saturated heterocycles. The Balaban J connectivity index is 1.53. The summed E-state index contributed by atoms with van der Waals surface area (Å²) in [6, 6.07) is 17.5. The summed E-state index contributed by atoms with van der Waals surface area (Å²) in [6.45, 7) is 1.80. The number of carbonyl (C=O) groups is 1. The minimum absolute atomic E-state index is 0.00355. The first-order chi connectivity index (χ1) is 11.6. The number of benzene rings is 2. The Morgan fingerprint density at radius 3 is 2.46 bits per heavy atom. The molecule has 0 spiro atoms. The maximum atomic E-state index is 12.1. The molecule has 0 N–H and O–H groups in total. The molecule has 0 aliphatic carbocycles. The maximum Gasteiger partial charge on any atom is 0.338 e. The number of nitrogens with zero attached hydrogens (tertiary/aromatic N) is 1. The molecule has 0 aromatic heterocycles. The van der Waals surface area contributed by atoms with Gasteiger partial charge in [0.1, 0.15) is 6.10 Å². The zero-order valence-corrected chi connectivity index (χ0v) is 16.4. The number of rotatable bonds is 4. The monoisotopic (exact) mass is 451 g/mol. The highest BCUT2D eigenvalue weighted by Crippen LogP contribution is 2.31. The van der Waals surface area contributed by atoms with Crippen molar-refractivity contribution < 1.29 is 9.53 Å². The van der Waals surface area contributed by atoms with Crippen LogP contribution in [0.15, 0.2) is 59.1 Å². The normalized spacial score (nSPS) is 17.4. The Labute approximate surface area is 159 Å². The van der Waals surface area contributed by atoms with E-state index in [0.29, 0.717) is 5.56 Å². The molecule has 0 bridgehead atoms. The van der Waals surface area contributed by atoms with Gasteiger partial charge in [-0.1, -0.05) is 62.2 Å². The number of piperidine rings is 1. The average molecular weight is 453 g/mol. The molecule has 1 aliphatic rings. The van der Waals surface area contributed by atoms with Crippen molar-refractivity contribution in [3.05, 3.63) is 70.2 Å². The summed E-state index contributed by atoms with van der Waals surface area (Å²) in [7, 11) is 0. The Bertz CT molecular complexity index is 685. The van der Waals surface area contributed by atoms with Crippen LogP contribution in [0.5, 0.6) is 0 Å². The third-order valence-electron chi connectivity index (χ3n) is 4.20. The Hall–Kier alpha value is -1.17. The second kappa shape index (κ2) is 8.28. The molecule has 2 aromatic carbocycles. The first kappa shape index (κ1) is 17.6. The fraction of sp³-hybridized carbons (Fsp3) is 0.316. The zero-order chi connectivity index (χ0) is 16.9. The van der Waals surface area contributed by atoms with E-state index in [1.807, 2.05) is 30.3 Å². The summed E-state index contributed by atoms with van der Waals surface area (Å²) in [6.07, 6.45) is 1.71. The zero-order valence-electron chi connectivity index (χ0n) is 13.2. The van der Waals surface area contributed by atoms with E-state index in [1.54, 1.807) is 12.1 Å². The third kappa shape index (κ3) is 4.47. The van der Waals surface area contributed by atoms with E-state index in [9.17, 15) is 4.79 Å². The number of esters is 1. The van der Waals surface area contributed by atoms with Crippen molar-refractivity contribution >= 4 is 37.8 Å². The van der Waals surface area contributed by atoms with Gasteiger partial charge in [0, 0.05) is 17.6 Å². The number of hydrogen-bond donors (Lipinski definition) is 0. The highest BCUT2D eigenvalue weighted by atomic mass is 79.9. The summed E-state index contributed by atoms with van der Waals surface area (Å²) in [5.74, 6) is -0.226. The molecule has 2 aromatic rings. The summed E-state index contributed by atoms with van der Waals surface area (Å²) in [5.41, 5.74) is 1.84. The summed E-state index contributed by atoms with van der Waals surface area (Å²) < 4.78 is 6.72. The van der Waals surface area contributed by atoms with E-state index in [2.05, 4.69) is 48.9 Å². The minimum atomic E-state index is -0.226. The van der Waals surface area contributed by atoms with E-state index in [0.717, 1.165) is 30.4 Å². The Morgan fingerprint density at radius 2 is 1.79 bits per heavy atom. The van der Waals surface area contributed by atoms with E-state index in [-0.39, 0.29) is 17.0 Å². The largest absolute Gasteiger partial charge is 0.459 e. The summed E-state index contributed by atoms with van der Waals surface area (Å²) in [4.78, 5) is 14.7. The quantitative estimate of drug-likeness (QED) is 0.364. The predicted molar refractivity (Wildman–Crippen MR) is 102 cm³/mol. The van der Waals surface area contributed by atoms with Crippen LogP contribution in [0.3, 0.4) is 0 Å². The van der Waals surface area contributed by atoms with Gasteiger partial charge in [-0.15, -0.1) is 0 Å².